The number of rotatable bonds is 25. The minimum absolute atomic E-state index is 0. The van der Waals surface area contributed by atoms with Gasteiger partial charge in [-0.25, -0.2) is 15.0 Å². The Balaban J connectivity index is 0.000000159. The van der Waals surface area contributed by atoms with Crippen LogP contribution in [0.2, 0.25) is 19.6 Å². The van der Waals surface area contributed by atoms with Gasteiger partial charge >= 0.3 is 0 Å². The van der Waals surface area contributed by atoms with Crippen LogP contribution in [0.25, 0.3) is 66.9 Å². The molecule has 1 aliphatic carbocycles. The Morgan fingerprint density at radius 1 is 0.505 bits per heavy atom. The highest BCUT2D eigenvalue weighted by molar-refractivity contribution is 7.59. The van der Waals surface area contributed by atoms with E-state index in [4.69, 9.17) is 48.4 Å². The average molecular weight is 1480 g/mol. The maximum Gasteiger partial charge on any atom is 0.124 e. The normalized spacial score (nSPS) is 13.3. The molecule has 15 rings (SSSR count). The van der Waals surface area contributed by atoms with Gasteiger partial charge in [-0.15, -0.1) is 0 Å². The zero-order valence-electron chi connectivity index (χ0n) is 61.5. The number of anilines is 6. The van der Waals surface area contributed by atoms with Crippen LogP contribution in [0.15, 0.2) is 171 Å². The van der Waals surface area contributed by atoms with Gasteiger partial charge in [-0.3, -0.25) is 29.0 Å². The highest BCUT2D eigenvalue weighted by atomic mass is 32.1. The maximum absolute atomic E-state index is 9.25. The number of nitrogens with one attached hydrogen (secondary N) is 1. The molecule has 1 saturated carbocycles. The number of methoxy groups -OCH3 is 6. The number of fused-ring (bicyclic) bond motifs is 3. The second-order valence-electron chi connectivity index (χ2n) is 27.3. The molecule has 1 atom stereocenters. The monoisotopic (exact) mass is 1480 g/mol. The van der Waals surface area contributed by atoms with E-state index >= 15 is 0 Å². The predicted molar refractivity (Wildman–Crippen MR) is 427 cm³/mol. The Bertz CT molecular complexity index is 5130. The summed E-state index contributed by atoms with van der Waals surface area (Å²) in [5.74, 6) is 5.23. The molecule has 107 heavy (non-hydrogen) atoms. The number of H-pyrrole nitrogens is 1. The number of aryl methyl sites for hydroxylation is 2. The van der Waals surface area contributed by atoms with Gasteiger partial charge in [0.1, 0.15) is 40.2 Å². The smallest absolute Gasteiger partial charge is 0.124 e. The van der Waals surface area contributed by atoms with Gasteiger partial charge in [0.25, 0.3) is 0 Å². The Morgan fingerprint density at radius 2 is 0.935 bits per heavy atom. The average Bonchev–Trinajstić information content (AvgIpc) is 1.59. The lowest BCUT2D eigenvalue weighted by Gasteiger charge is -2.27. The third kappa shape index (κ3) is 19.1. The lowest BCUT2D eigenvalue weighted by molar-refractivity contribution is 0.329. The summed E-state index contributed by atoms with van der Waals surface area (Å²) in [6.07, 6.45) is 23.9. The Morgan fingerprint density at radius 3 is 1.34 bits per heavy atom. The van der Waals surface area contributed by atoms with E-state index in [0.29, 0.717) is 24.0 Å². The molecular formula is C79H92N20O6SSi. The Labute approximate surface area is 631 Å². The molecule has 0 spiro atoms. The number of nitriles is 1. The molecule has 6 aromatic carbocycles. The van der Waals surface area contributed by atoms with Crippen molar-refractivity contribution in [3.8, 4) is 74.3 Å². The lowest BCUT2D eigenvalue weighted by atomic mass is 10.1. The first kappa shape index (κ1) is 76.5. The molecule has 2 aliphatic rings. The van der Waals surface area contributed by atoms with Crippen molar-refractivity contribution in [2.75, 3.05) is 90.1 Å². The zero-order chi connectivity index (χ0) is 73.1. The molecule has 8 heterocycles. The largest absolute Gasteiger partial charge is 0.497 e. The van der Waals surface area contributed by atoms with Gasteiger partial charge in [0.2, 0.25) is 0 Å². The maximum atomic E-state index is 9.25. The topological polar surface area (TPSA) is 264 Å². The summed E-state index contributed by atoms with van der Waals surface area (Å²) >= 11 is 0. The number of hydrogen-bond donors (Lipinski definition) is 1. The molecule has 7 aromatic heterocycles. The van der Waals surface area contributed by atoms with Crippen LogP contribution in [-0.4, -0.2) is 163 Å². The predicted octanol–water partition coefficient (Wildman–Crippen LogP) is 14.6. The van der Waals surface area contributed by atoms with E-state index in [1.165, 1.54) is 12.8 Å². The van der Waals surface area contributed by atoms with Crippen LogP contribution in [-0.2, 0) is 26.8 Å². The molecular weight excluding hydrogens is 1390 g/mol. The van der Waals surface area contributed by atoms with E-state index in [9.17, 15) is 5.26 Å². The highest BCUT2D eigenvalue weighted by Crippen LogP contribution is 2.41. The van der Waals surface area contributed by atoms with Crippen LogP contribution in [0.5, 0.6) is 34.5 Å². The summed E-state index contributed by atoms with van der Waals surface area (Å²) in [5.41, 5.74) is 16.9. The Hall–Kier alpha value is -11.7. The number of benzene rings is 6. The van der Waals surface area contributed by atoms with Gasteiger partial charge in [-0.05, 0) is 99.3 Å². The van der Waals surface area contributed by atoms with Crippen molar-refractivity contribution in [2.24, 2.45) is 25.9 Å². The molecule has 13 aromatic rings. The van der Waals surface area contributed by atoms with E-state index in [1.54, 1.807) is 83.0 Å². The fourth-order valence-corrected chi connectivity index (χ4v) is 13.8. The van der Waals surface area contributed by atoms with Crippen molar-refractivity contribution >= 4 is 88.8 Å². The van der Waals surface area contributed by atoms with Gasteiger partial charge in [0, 0.05) is 164 Å². The van der Waals surface area contributed by atoms with Crippen molar-refractivity contribution < 1.29 is 28.4 Å². The summed E-state index contributed by atoms with van der Waals surface area (Å²) in [6, 6.07) is 38.5. The van der Waals surface area contributed by atoms with Gasteiger partial charge < -0.3 is 48.0 Å². The fraction of sp³-hybridized carbons (Fsp3) is 0.316. The summed E-state index contributed by atoms with van der Waals surface area (Å²) in [7, 11) is 12.4. The van der Waals surface area contributed by atoms with E-state index in [2.05, 4.69) is 129 Å². The van der Waals surface area contributed by atoms with E-state index in [-0.39, 0.29) is 26.8 Å². The quantitative estimate of drug-likeness (QED) is 0.0521. The number of aromatic amines is 1. The molecule has 0 bridgehead atoms. The van der Waals surface area contributed by atoms with Crippen LogP contribution < -0.4 is 43.1 Å². The summed E-state index contributed by atoms with van der Waals surface area (Å²) in [5, 5.41) is 33.2. The van der Waals surface area contributed by atoms with E-state index in [0.717, 1.165) is 181 Å². The first-order valence-electron chi connectivity index (χ1n) is 34.8. The van der Waals surface area contributed by atoms with Gasteiger partial charge in [-0.1, -0.05) is 27.1 Å². The molecule has 1 saturated heterocycles. The van der Waals surface area contributed by atoms with Crippen LogP contribution in [0.1, 0.15) is 38.8 Å². The third-order valence-corrected chi connectivity index (χ3v) is 19.5. The van der Waals surface area contributed by atoms with Crippen LogP contribution in [0.4, 0.5) is 34.1 Å². The van der Waals surface area contributed by atoms with E-state index in [1.807, 2.05) is 116 Å². The highest BCUT2D eigenvalue weighted by Gasteiger charge is 2.28. The van der Waals surface area contributed by atoms with Crippen molar-refractivity contribution in [1.82, 2.24) is 79.6 Å². The van der Waals surface area contributed by atoms with Crippen molar-refractivity contribution in [2.45, 2.75) is 65.5 Å². The minimum Gasteiger partial charge on any atom is -0.497 e. The first-order valence-corrected chi connectivity index (χ1v) is 38.5. The van der Waals surface area contributed by atoms with E-state index < -0.39 is 8.07 Å². The van der Waals surface area contributed by atoms with Gasteiger partial charge in [0.15, 0.2) is 0 Å². The molecule has 0 radical (unpaired) electrons. The summed E-state index contributed by atoms with van der Waals surface area (Å²) in [6.45, 7) is 12.0. The first-order chi connectivity index (χ1) is 51.0. The standard InChI is InChI=1S/C28H31N7O2.C27H33N5O2Si.C23H22N8O2.CH4.H2S/c1-33-19-21(16-31-33)28-17-30-26-6-5-22(13-27(26)32-28)35(9-4-8-34-10-7-20(15-29)18-34)23-11-24(36-2)14-25(12-23)37-3;1-33-23-10-22(11-24(13-23)34-2)32(16-19-6-7-19)21-8-9-25-26(12-21)30-27(15-28-25)20-14-29-31(17-20)18-35(3,4)5;1-30-13-15(10-26-30)23-12-24-21-5-4-17(8-22(21)27-23)31(14-16-11-25-29-28-16)18-6-19(32-2)9-20(7-18)33-3;;/h5-6,11-14,16-17,19-20H,4,7-10,18H2,1-3H3;8-15,17,19H,6-7,16,18H2,1-5H3;4-13H,14H2,1-3H3,(H,25,28,29);1H4;1H2/t20-;;;;/m1..../s1. The summed E-state index contributed by atoms with van der Waals surface area (Å²) < 4.78 is 38.7. The third-order valence-electron chi connectivity index (χ3n) is 18.3. The fourth-order valence-electron chi connectivity index (χ4n) is 12.7. The van der Waals surface area contributed by atoms with Crippen molar-refractivity contribution in [3.05, 3.63) is 177 Å². The number of ether oxygens (including phenoxy) is 6. The Kier molecular flexibility index (Phi) is 24.6. The lowest BCUT2D eigenvalue weighted by Crippen LogP contribution is -2.28. The zero-order valence-corrected chi connectivity index (χ0v) is 63.5. The second kappa shape index (κ2) is 34.5. The van der Waals surface area contributed by atoms with Crippen molar-refractivity contribution in [1.29, 1.82) is 5.26 Å². The van der Waals surface area contributed by atoms with Crippen molar-refractivity contribution in [3.63, 3.8) is 0 Å². The molecule has 1 aliphatic heterocycles. The molecule has 0 amide bonds. The number of hydrogen-bond acceptors (Lipinski definition) is 22. The molecule has 554 valence electrons. The molecule has 2 fully saturated rings. The minimum atomic E-state index is -1.26. The van der Waals surface area contributed by atoms with Crippen LogP contribution in [0.3, 0.4) is 0 Å². The van der Waals surface area contributed by atoms with Gasteiger partial charge in [0.05, 0.1) is 163 Å². The number of likely N-dealkylation sites (tertiary alicyclic amines) is 1. The van der Waals surface area contributed by atoms with Crippen LogP contribution in [0, 0.1) is 23.2 Å². The SMILES string of the molecule is C.COc1cc(OC)cc(N(CC2CC2)c2ccc3ncc(-c4cnn(C[Si](C)(C)C)c4)nc3c2)c1.COc1cc(OC)cc(N(CCCN2CC[C@H](C#N)C2)c2ccc3ncc(-c4cnn(C)c4)nc3c2)c1.COc1cc(OC)cc(N(Cc2cn[nH]n2)c2ccc3ncc(-c4cnn(C)c4)nc3c2)c1.S. The second-order valence-corrected chi connectivity index (χ2v) is 32.7. The molecule has 1 N–H and O–H groups in total. The molecule has 0 unspecified atom stereocenters. The van der Waals surface area contributed by atoms with Gasteiger partial charge in [-0.2, -0.15) is 49.5 Å². The van der Waals surface area contributed by atoms with Crippen LogP contribution >= 0.6 is 13.5 Å². The molecule has 26 nitrogen and oxygen atoms in total. The number of aromatic nitrogens is 15. The number of nitrogens with zero attached hydrogens (tertiary/aromatic N) is 19. The molecule has 28 heteroatoms. The summed E-state index contributed by atoms with van der Waals surface area (Å²) in [4.78, 5) is 37.7.